The van der Waals surface area contributed by atoms with Crippen molar-refractivity contribution in [1.82, 2.24) is 51.5 Å². The number of amides is 6. The van der Waals surface area contributed by atoms with Crippen molar-refractivity contribution < 1.29 is 47.7 Å². The maximum atomic E-state index is 13.4. The molecule has 0 aliphatic heterocycles. The zero-order valence-corrected chi connectivity index (χ0v) is 45.5. The fourth-order valence-electron chi connectivity index (χ4n) is 7.88. The van der Waals surface area contributed by atoms with Crippen LogP contribution in [0.2, 0.25) is 0 Å². The molecule has 2 heterocycles. The predicted octanol–water partition coefficient (Wildman–Crippen LogP) is 5.80. The fraction of sp³-hybridized carbons (Fsp3) is 0.547. The molecule has 73 heavy (non-hydrogen) atoms. The monoisotopic (exact) mass is 1020 g/mol. The molecule has 0 radical (unpaired) electrons. The number of carbonyl (C=O) groups excluding carboxylic acids is 6. The van der Waals surface area contributed by atoms with Gasteiger partial charge in [0.25, 0.3) is 11.8 Å². The summed E-state index contributed by atoms with van der Waals surface area (Å²) in [5.41, 5.74) is 3.28. The Kier molecular flexibility index (Phi) is 24.2. The Morgan fingerprint density at radius 3 is 1.27 bits per heavy atom. The molecule has 20 nitrogen and oxygen atoms in total. The lowest BCUT2D eigenvalue weighted by molar-refractivity contribution is -0.126. The average Bonchev–Trinajstić information content (AvgIpc) is 3.98. The lowest BCUT2D eigenvalue weighted by atomic mass is 10.0. The van der Waals surface area contributed by atoms with Crippen LogP contribution < -0.4 is 50.8 Å². The van der Waals surface area contributed by atoms with Crippen molar-refractivity contribution >= 4 is 35.4 Å². The molecule has 402 valence electrons. The molecule has 0 saturated heterocycles. The van der Waals surface area contributed by atoms with E-state index < -0.39 is 12.1 Å². The van der Waals surface area contributed by atoms with Crippen LogP contribution in [0.1, 0.15) is 115 Å². The summed E-state index contributed by atoms with van der Waals surface area (Å²) in [6, 6.07) is 13.6. The van der Waals surface area contributed by atoms with Crippen LogP contribution in [0, 0.1) is 23.7 Å². The van der Waals surface area contributed by atoms with E-state index in [0.29, 0.717) is 64.9 Å². The van der Waals surface area contributed by atoms with E-state index in [1.807, 2.05) is 75.7 Å². The minimum Gasteiger partial charge on any atom is -0.496 e. The molecule has 2 aromatic carbocycles. The van der Waals surface area contributed by atoms with Crippen LogP contribution in [-0.2, 0) is 25.7 Å². The summed E-state index contributed by atoms with van der Waals surface area (Å²) in [5, 5.41) is 25.3. The molecule has 1 unspecified atom stereocenters. The van der Waals surface area contributed by atoms with Gasteiger partial charge in [-0.25, -0.2) is 0 Å². The van der Waals surface area contributed by atoms with Crippen LogP contribution in [-0.4, -0.2) is 123 Å². The SMILES string of the molecule is CNC(=O)CNC(=O)C[C@H](CC(C)C)NC(=O)c1cc(-c2c(OC)cccc2OC)n(C(C)C(C)C)n1.CNC(=O)CNC(=O)C[C@H](CC(C)C)NC(=O)c1cc(-c2c(OC)cccc2OC)n(CC(C)C)n1. The number of nitrogens with zero attached hydrogens (tertiary/aromatic N) is 4. The smallest absolute Gasteiger partial charge is 0.272 e. The summed E-state index contributed by atoms with van der Waals surface area (Å²) >= 11 is 0. The number of carbonyl (C=O) groups is 6. The number of nitrogens with one attached hydrogen (secondary N) is 6. The number of hydrogen-bond acceptors (Lipinski definition) is 12. The van der Waals surface area contributed by atoms with Gasteiger partial charge in [-0.15, -0.1) is 0 Å². The van der Waals surface area contributed by atoms with Gasteiger partial charge >= 0.3 is 0 Å². The van der Waals surface area contributed by atoms with Gasteiger partial charge in [-0.05, 0) is 79.8 Å². The van der Waals surface area contributed by atoms with Gasteiger partial charge in [-0.1, -0.05) is 67.5 Å². The van der Waals surface area contributed by atoms with Crippen molar-refractivity contribution in [1.29, 1.82) is 0 Å². The summed E-state index contributed by atoms with van der Waals surface area (Å²) < 4.78 is 26.0. The third-order valence-electron chi connectivity index (χ3n) is 11.7. The zero-order valence-electron chi connectivity index (χ0n) is 45.5. The first-order valence-corrected chi connectivity index (χ1v) is 24.8. The molecule has 4 aromatic rings. The van der Waals surface area contributed by atoms with Crippen molar-refractivity contribution in [2.75, 3.05) is 55.6 Å². The highest BCUT2D eigenvalue weighted by atomic mass is 16.5. The lowest BCUT2D eigenvalue weighted by Gasteiger charge is -2.21. The first-order valence-electron chi connectivity index (χ1n) is 24.8. The second-order valence-corrected chi connectivity index (χ2v) is 19.3. The maximum absolute atomic E-state index is 13.4. The second-order valence-electron chi connectivity index (χ2n) is 19.3. The van der Waals surface area contributed by atoms with E-state index in [1.54, 1.807) is 45.3 Å². The number of benzene rings is 2. The van der Waals surface area contributed by atoms with Crippen LogP contribution >= 0.6 is 0 Å². The van der Waals surface area contributed by atoms with Crippen molar-refractivity contribution in [3.05, 3.63) is 59.9 Å². The van der Waals surface area contributed by atoms with Gasteiger partial charge in [-0.3, -0.25) is 38.1 Å². The molecule has 0 saturated carbocycles. The third kappa shape index (κ3) is 18.2. The van der Waals surface area contributed by atoms with Gasteiger partial charge in [-0.2, -0.15) is 10.2 Å². The van der Waals surface area contributed by atoms with Crippen LogP contribution in [0.4, 0.5) is 0 Å². The van der Waals surface area contributed by atoms with Gasteiger partial charge < -0.3 is 50.8 Å². The van der Waals surface area contributed by atoms with Crippen molar-refractivity contribution in [3.63, 3.8) is 0 Å². The van der Waals surface area contributed by atoms with Gasteiger partial charge in [0.05, 0.1) is 70.1 Å². The fourth-order valence-corrected chi connectivity index (χ4v) is 7.88. The van der Waals surface area contributed by atoms with E-state index in [1.165, 1.54) is 14.1 Å². The molecular weight excluding hydrogens is 937 g/mol. The average molecular weight is 1020 g/mol. The summed E-state index contributed by atoms with van der Waals surface area (Å²) in [6.45, 7) is 18.8. The number of aromatic nitrogens is 4. The highest BCUT2D eigenvalue weighted by Gasteiger charge is 2.28. The third-order valence-corrected chi connectivity index (χ3v) is 11.7. The molecule has 0 aliphatic rings. The molecule has 0 fully saturated rings. The molecule has 3 atom stereocenters. The van der Waals surface area contributed by atoms with Crippen molar-refractivity contribution in [2.24, 2.45) is 23.7 Å². The summed E-state index contributed by atoms with van der Waals surface area (Å²) in [6.07, 6.45) is 1.30. The Labute approximate surface area is 430 Å². The van der Waals surface area contributed by atoms with Gasteiger partial charge in [0, 0.05) is 45.6 Å². The van der Waals surface area contributed by atoms with Gasteiger partial charge in [0.2, 0.25) is 23.6 Å². The number of ether oxygens (including phenoxy) is 4. The highest BCUT2D eigenvalue weighted by molar-refractivity contribution is 5.96. The minimum atomic E-state index is -0.422. The van der Waals surface area contributed by atoms with E-state index in [2.05, 4.69) is 69.8 Å². The largest absolute Gasteiger partial charge is 0.496 e. The molecule has 0 bridgehead atoms. The lowest BCUT2D eigenvalue weighted by Crippen LogP contribution is -2.42. The molecule has 6 N–H and O–H groups in total. The van der Waals surface area contributed by atoms with E-state index in [-0.39, 0.29) is 102 Å². The standard InChI is InChI=1S/C27H41N5O5.C26H39N5O5/c1-16(2)12-19(13-24(33)29-15-25(34)28-6)30-27(35)20-14-21(32(31-20)18(5)17(3)4)26-22(36-7)10-9-11-23(26)37-8;1-16(2)11-18(12-23(32)28-14-24(33)27-5)29-26(34)19-13-20(31(30-19)15-17(3)4)25-21(35-6)9-8-10-22(25)36-7/h9-11,14,16-19H,12-13,15H2,1-8H3,(H,28,34)(H,29,33)(H,30,35);8-10,13,16-18H,11-12,14-15H2,1-7H3,(H,27,33)(H,28,32)(H,29,34)/t18?,19-;18-/m00/s1. The summed E-state index contributed by atoms with van der Waals surface area (Å²) in [7, 11) is 9.35. The van der Waals surface area contributed by atoms with Crippen molar-refractivity contribution in [2.45, 2.75) is 113 Å². The van der Waals surface area contributed by atoms with E-state index in [0.717, 1.165) is 0 Å². The van der Waals surface area contributed by atoms with Gasteiger partial charge in [0.1, 0.15) is 23.0 Å². The first kappa shape index (κ1) is 60.2. The summed E-state index contributed by atoms with van der Waals surface area (Å²) in [4.78, 5) is 74.4. The highest BCUT2D eigenvalue weighted by Crippen LogP contribution is 2.41. The molecule has 0 aliphatic carbocycles. The molecular formula is C53H80N10O10. The van der Waals surface area contributed by atoms with E-state index in [9.17, 15) is 28.8 Å². The van der Waals surface area contributed by atoms with Crippen LogP contribution in [0.25, 0.3) is 22.5 Å². The zero-order chi connectivity index (χ0) is 54.5. The number of hydrogen-bond donors (Lipinski definition) is 6. The minimum absolute atomic E-state index is 0.0203. The summed E-state index contributed by atoms with van der Waals surface area (Å²) in [5.74, 6) is 1.47. The normalized spacial score (nSPS) is 12.3. The maximum Gasteiger partial charge on any atom is 0.272 e. The Morgan fingerprint density at radius 1 is 0.534 bits per heavy atom. The van der Waals surface area contributed by atoms with Crippen LogP contribution in [0.5, 0.6) is 23.0 Å². The van der Waals surface area contributed by atoms with Crippen LogP contribution in [0.3, 0.4) is 0 Å². The van der Waals surface area contributed by atoms with Gasteiger partial charge in [0.15, 0.2) is 11.4 Å². The Bertz CT molecular complexity index is 2420. The molecule has 0 spiro atoms. The van der Waals surface area contributed by atoms with Crippen molar-refractivity contribution in [3.8, 4) is 45.5 Å². The molecule has 6 amide bonds. The predicted molar refractivity (Wildman–Crippen MR) is 281 cm³/mol. The second kappa shape index (κ2) is 29.4. The quantitative estimate of drug-likeness (QED) is 0.0437. The topological polar surface area (TPSA) is 247 Å². The number of methoxy groups -OCH3 is 4. The number of likely N-dealkylation sites (N-methyl/N-ethyl adjacent to an activating group) is 2. The molecule has 4 rings (SSSR count). The first-order chi connectivity index (χ1) is 34.6. The Balaban J connectivity index is 0.000000385. The Hall–Kier alpha value is -7.12. The number of rotatable bonds is 26. The molecule has 20 heteroatoms. The Morgan fingerprint density at radius 2 is 0.918 bits per heavy atom. The van der Waals surface area contributed by atoms with Crippen LogP contribution in [0.15, 0.2) is 48.5 Å². The molecule has 2 aromatic heterocycles. The van der Waals surface area contributed by atoms with E-state index >= 15 is 0 Å². The van der Waals surface area contributed by atoms with E-state index in [4.69, 9.17) is 18.9 Å².